The molecule has 0 aliphatic rings. The van der Waals surface area contributed by atoms with E-state index in [1.807, 2.05) is 13.0 Å². The molecule has 4 heteroatoms. The van der Waals surface area contributed by atoms with Gasteiger partial charge in [-0.25, -0.2) is 4.39 Å². The molecule has 2 atom stereocenters. The van der Waals surface area contributed by atoms with E-state index in [1.165, 1.54) is 12.1 Å². The smallest absolute Gasteiger partial charge is 0.325 e. The van der Waals surface area contributed by atoms with E-state index in [9.17, 15) is 14.3 Å². The van der Waals surface area contributed by atoms with E-state index in [2.05, 4.69) is 5.32 Å². The summed E-state index contributed by atoms with van der Waals surface area (Å²) < 4.78 is 13.2. The summed E-state index contributed by atoms with van der Waals surface area (Å²) >= 11 is 0. The number of nitrogens with one attached hydrogen (secondary N) is 1. The van der Waals surface area contributed by atoms with Gasteiger partial charge >= 0.3 is 5.97 Å². The molecule has 2 rings (SSSR count). The maximum absolute atomic E-state index is 13.2. The predicted octanol–water partition coefficient (Wildman–Crippen LogP) is 3.30. The molecule has 0 heterocycles. The van der Waals surface area contributed by atoms with Gasteiger partial charge in [0.05, 0.1) is 0 Å². The van der Waals surface area contributed by atoms with Crippen LogP contribution in [0.15, 0.2) is 54.6 Å². The van der Waals surface area contributed by atoms with E-state index in [0.717, 1.165) is 0 Å². The molecule has 0 aliphatic carbocycles. The van der Waals surface area contributed by atoms with Gasteiger partial charge in [-0.15, -0.1) is 0 Å². The first-order valence-corrected chi connectivity index (χ1v) is 6.37. The van der Waals surface area contributed by atoms with Gasteiger partial charge in [0, 0.05) is 6.04 Å². The first-order chi connectivity index (χ1) is 9.58. The number of benzene rings is 2. The number of aliphatic carboxylic acids is 1. The number of halogens is 1. The monoisotopic (exact) mass is 273 g/mol. The Hall–Kier alpha value is -2.20. The van der Waals surface area contributed by atoms with Crippen molar-refractivity contribution >= 4 is 5.97 Å². The zero-order valence-electron chi connectivity index (χ0n) is 11.1. The Morgan fingerprint density at radius 3 is 2.35 bits per heavy atom. The van der Waals surface area contributed by atoms with E-state index in [-0.39, 0.29) is 11.9 Å². The summed E-state index contributed by atoms with van der Waals surface area (Å²) in [5.74, 6) is -1.29. The molecule has 3 nitrogen and oxygen atoms in total. The SMILES string of the molecule is CC(NC(C(=O)O)c1ccccc1)c1cccc(F)c1. The van der Waals surface area contributed by atoms with Crippen molar-refractivity contribution in [2.45, 2.75) is 19.0 Å². The molecule has 0 saturated carbocycles. The lowest BCUT2D eigenvalue weighted by molar-refractivity contribution is -0.139. The minimum Gasteiger partial charge on any atom is -0.480 e. The Morgan fingerprint density at radius 2 is 1.75 bits per heavy atom. The molecular weight excluding hydrogens is 257 g/mol. The van der Waals surface area contributed by atoms with E-state index < -0.39 is 12.0 Å². The minimum atomic E-state index is -0.959. The molecule has 0 aromatic heterocycles. The van der Waals surface area contributed by atoms with Crippen molar-refractivity contribution in [2.75, 3.05) is 0 Å². The second-order valence-electron chi connectivity index (χ2n) is 4.63. The van der Waals surface area contributed by atoms with E-state index in [1.54, 1.807) is 36.4 Å². The highest BCUT2D eigenvalue weighted by molar-refractivity contribution is 5.75. The van der Waals surface area contributed by atoms with Crippen LogP contribution in [0.2, 0.25) is 0 Å². The maximum atomic E-state index is 13.2. The Balaban J connectivity index is 2.19. The van der Waals surface area contributed by atoms with Crippen molar-refractivity contribution in [3.8, 4) is 0 Å². The second kappa shape index (κ2) is 6.30. The van der Waals surface area contributed by atoms with Gasteiger partial charge in [-0.2, -0.15) is 0 Å². The van der Waals surface area contributed by atoms with Crippen LogP contribution in [0.4, 0.5) is 4.39 Å². The fourth-order valence-electron chi connectivity index (χ4n) is 2.08. The van der Waals surface area contributed by atoms with Crippen LogP contribution in [0.25, 0.3) is 0 Å². The van der Waals surface area contributed by atoms with Gasteiger partial charge < -0.3 is 5.11 Å². The highest BCUT2D eigenvalue weighted by atomic mass is 19.1. The van der Waals surface area contributed by atoms with Crippen molar-refractivity contribution in [1.29, 1.82) is 0 Å². The van der Waals surface area contributed by atoms with E-state index in [0.29, 0.717) is 11.1 Å². The lowest BCUT2D eigenvalue weighted by Crippen LogP contribution is -2.30. The van der Waals surface area contributed by atoms with Gasteiger partial charge in [0.2, 0.25) is 0 Å². The quantitative estimate of drug-likeness (QED) is 0.878. The van der Waals surface area contributed by atoms with Gasteiger partial charge in [0.25, 0.3) is 0 Å². The van der Waals surface area contributed by atoms with Crippen LogP contribution < -0.4 is 5.32 Å². The normalized spacial score (nSPS) is 13.7. The van der Waals surface area contributed by atoms with Gasteiger partial charge in [-0.3, -0.25) is 10.1 Å². The van der Waals surface area contributed by atoms with Gasteiger partial charge in [-0.05, 0) is 30.2 Å². The minimum absolute atomic E-state index is 0.271. The number of rotatable bonds is 5. The zero-order valence-corrected chi connectivity index (χ0v) is 11.1. The summed E-state index contributed by atoms with van der Waals surface area (Å²) in [5.41, 5.74) is 1.38. The molecule has 0 amide bonds. The average Bonchev–Trinajstić information content (AvgIpc) is 2.45. The predicted molar refractivity (Wildman–Crippen MR) is 74.8 cm³/mol. The Kier molecular flexibility index (Phi) is 4.48. The standard InChI is InChI=1S/C16H16FNO2/c1-11(13-8-5-9-14(17)10-13)18-15(16(19)20)12-6-3-2-4-7-12/h2-11,15,18H,1H3,(H,19,20). The number of hydrogen-bond donors (Lipinski definition) is 2. The van der Waals surface area contributed by atoms with Crippen molar-refractivity contribution in [1.82, 2.24) is 5.32 Å². The maximum Gasteiger partial charge on any atom is 0.325 e. The number of carbonyl (C=O) groups is 1. The molecule has 0 fully saturated rings. The molecule has 0 bridgehead atoms. The van der Waals surface area contributed by atoms with Crippen LogP contribution in [0.1, 0.15) is 30.1 Å². The summed E-state index contributed by atoms with van der Waals surface area (Å²) in [5, 5.41) is 12.4. The van der Waals surface area contributed by atoms with Crippen LogP contribution in [-0.4, -0.2) is 11.1 Å². The largest absolute Gasteiger partial charge is 0.480 e. The van der Waals surface area contributed by atoms with Crippen LogP contribution in [0.5, 0.6) is 0 Å². The average molecular weight is 273 g/mol. The number of carboxylic acid groups (broad SMARTS) is 1. The van der Waals surface area contributed by atoms with Crippen LogP contribution in [0, 0.1) is 5.82 Å². The Morgan fingerprint density at radius 1 is 1.10 bits per heavy atom. The van der Waals surface area contributed by atoms with Crippen molar-refractivity contribution < 1.29 is 14.3 Å². The highest BCUT2D eigenvalue weighted by Crippen LogP contribution is 2.20. The molecule has 2 aromatic carbocycles. The highest BCUT2D eigenvalue weighted by Gasteiger charge is 2.22. The second-order valence-corrected chi connectivity index (χ2v) is 4.63. The molecule has 0 radical (unpaired) electrons. The molecule has 20 heavy (non-hydrogen) atoms. The van der Waals surface area contributed by atoms with Crippen molar-refractivity contribution in [3.63, 3.8) is 0 Å². The zero-order chi connectivity index (χ0) is 14.5. The third-order valence-electron chi connectivity index (χ3n) is 3.15. The summed E-state index contributed by atoms with van der Waals surface area (Å²) in [6.45, 7) is 1.81. The van der Waals surface area contributed by atoms with Gasteiger partial charge in [0.1, 0.15) is 11.9 Å². The Labute approximate surface area is 117 Å². The number of hydrogen-bond acceptors (Lipinski definition) is 2. The van der Waals surface area contributed by atoms with Crippen molar-refractivity contribution in [3.05, 3.63) is 71.5 Å². The summed E-state index contributed by atoms with van der Waals surface area (Å²) in [7, 11) is 0. The third-order valence-corrected chi connectivity index (χ3v) is 3.15. The fourth-order valence-corrected chi connectivity index (χ4v) is 2.08. The molecule has 2 unspecified atom stereocenters. The lowest BCUT2D eigenvalue weighted by Gasteiger charge is -2.21. The van der Waals surface area contributed by atoms with Gasteiger partial charge in [-0.1, -0.05) is 42.5 Å². The molecule has 2 N–H and O–H groups in total. The van der Waals surface area contributed by atoms with Gasteiger partial charge in [0.15, 0.2) is 0 Å². The summed E-state index contributed by atoms with van der Waals surface area (Å²) in [6.07, 6.45) is 0. The molecule has 0 saturated heterocycles. The molecule has 2 aromatic rings. The lowest BCUT2D eigenvalue weighted by atomic mass is 10.0. The van der Waals surface area contributed by atoms with Crippen LogP contribution in [0.3, 0.4) is 0 Å². The van der Waals surface area contributed by atoms with E-state index in [4.69, 9.17) is 0 Å². The first-order valence-electron chi connectivity index (χ1n) is 6.37. The third kappa shape index (κ3) is 3.42. The van der Waals surface area contributed by atoms with Crippen LogP contribution in [-0.2, 0) is 4.79 Å². The first kappa shape index (κ1) is 14.2. The Bertz CT molecular complexity index is 586. The van der Waals surface area contributed by atoms with E-state index >= 15 is 0 Å². The van der Waals surface area contributed by atoms with Crippen LogP contribution >= 0.6 is 0 Å². The molecular formula is C16H16FNO2. The molecule has 104 valence electrons. The molecule has 0 spiro atoms. The summed E-state index contributed by atoms with van der Waals surface area (Å²) in [4.78, 5) is 11.4. The molecule has 0 aliphatic heterocycles. The van der Waals surface area contributed by atoms with Crippen molar-refractivity contribution in [2.24, 2.45) is 0 Å². The number of carboxylic acids is 1. The topological polar surface area (TPSA) is 49.3 Å². The fraction of sp³-hybridized carbons (Fsp3) is 0.188. The summed E-state index contributed by atoms with van der Waals surface area (Å²) in [6, 6.07) is 14.0.